The van der Waals surface area contributed by atoms with Crippen LogP contribution in [0.3, 0.4) is 0 Å². The van der Waals surface area contributed by atoms with Crippen LogP contribution in [-0.2, 0) is 35.3 Å². The average molecular weight is 923 g/mol. The fraction of sp³-hybridized carbons (Fsp3) is 0.511. The molecule has 1 saturated heterocycles. The molecule has 4 aromatic rings. The SMILES string of the molecule is COc1ccc2c(c1)oc1c(O[C@@H]3C[C@H]4C(=O)N[C@]5(C(=O)NS(=O)(=O)C6CC6)C[C@@H]5/C=C\CCCCC[C@H](NC(=O)OC5CCCC5)C(=O)N4C3)nc(-c3ccc(C(F)(F)F)cc3)nc12. The van der Waals surface area contributed by atoms with E-state index in [4.69, 9.17) is 18.6 Å². The highest BCUT2D eigenvalue weighted by atomic mass is 32.2. The van der Waals surface area contributed by atoms with Crippen molar-refractivity contribution in [2.24, 2.45) is 5.92 Å². The Kier molecular flexibility index (Phi) is 11.9. The number of ether oxygens (including phenoxy) is 3. The van der Waals surface area contributed by atoms with Crippen molar-refractivity contribution >= 4 is 55.9 Å². The van der Waals surface area contributed by atoms with Gasteiger partial charge in [-0.25, -0.2) is 18.2 Å². The number of furan rings is 1. The van der Waals surface area contributed by atoms with E-state index < -0.39 is 80.5 Å². The summed E-state index contributed by atoms with van der Waals surface area (Å²) in [5, 5.41) is 5.43. The molecule has 3 aliphatic carbocycles. The smallest absolute Gasteiger partial charge is 0.416 e. The molecule has 2 aromatic heterocycles. The molecule has 0 unspecified atom stereocenters. The zero-order valence-corrected chi connectivity index (χ0v) is 36.3. The summed E-state index contributed by atoms with van der Waals surface area (Å²) in [5.41, 5.74) is -1.55. The molecule has 20 heteroatoms. The molecule has 16 nitrogen and oxygen atoms in total. The van der Waals surface area contributed by atoms with Crippen LogP contribution in [0.5, 0.6) is 11.6 Å². The zero-order valence-electron chi connectivity index (χ0n) is 35.5. The molecule has 4 fully saturated rings. The van der Waals surface area contributed by atoms with Gasteiger partial charge in [0.1, 0.15) is 46.7 Å². The summed E-state index contributed by atoms with van der Waals surface area (Å²) in [5.74, 6) is -2.36. The molecule has 346 valence electrons. The number of allylic oxidation sites excluding steroid dienone is 1. The van der Waals surface area contributed by atoms with E-state index in [9.17, 15) is 40.8 Å². The third-order valence-electron chi connectivity index (χ3n) is 12.9. The lowest BCUT2D eigenvalue weighted by Crippen LogP contribution is -2.58. The minimum Gasteiger partial charge on any atom is -0.497 e. The summed E-state index contributed by atoms with van der Waals surface area (Å²) < 4.78 is 92.6. The Morgan fingerprint density at radius 2 is 1.71 bits per heavy atom. The number of rotatable bonds is 9. The van der Waals surface area contributed by atoms with Crippen LogP contribution < -0.4 is 24.8 Å². The maximum atomic E-state index is 14.8. The number of aromatic nitrogens is 2. The van der Waals surface area contributed by atoms with Gasteiger partial charge >= 0.3 is 12.3 Å². The highest BCUT2D eigenvalue weighted by Crippen LogP contribution is 2.46. The number of alkyl carbamates (subject to hydrolysis) is 1. The Labute approximate surface area is 372 Å². The Bertz CT molecular complexity index is 2650. The summed E-state index contributed by atoms with van der Waals surface area (Å²) in [6.07, 6.45) is 4.05. The lowest BCUT2D eigenvalue weighted by molar-refractivity contribution is -0.141. The first kappa shape index (κ1) is 44.3. The molecule has 0 radical (unpaired) electrons. The number of amides is 4. The van der Waals surface area contributed by atoms with E-state index in [2.05, 4.69) is 25.3 Å². The van der Waals surface area contributed by atoms with Gasteiger partial charge in [-0.15, -0.1) is 0 Å². The van der Waals surface area contributed by atoms with Gasteiger partial charge in [0.25, 0.3) is 11.8 Å². The molecule has 9 rings (SSSR count). The number of hydrogen-bond acceptors (Lipinski definition) is 12. The Morgan fingerprint density at radius 1 is 0.954 bits per heavy atom. The molecule has 0 bridgehead atoms. The summed E-state index contributed by atoms with van der Waals surface area (Å²) in [4.78, 5) is 67.2. The largest absolute Gasteiger partial charge is 0.497 e. The number of nitrogens with one attached hydrogen (secondary N) is 3. The van der Waals surface area contributed by atoms with E-state index >= 15 is 0 Å². The van der Waals surface area contributed by atoms with Crippen molar-refractivity contribution in [2.75, 3.05) is 13.7 Å². The van der Waals surface area contributed by atoms with Crippen molar-refractivity contribution in [3.05, 3.63) is 60.2 Å². The van der Waals surface area contributed by atoms with Gasteiger partial charge in [0.2, 0.25) is 27.4 Å². The molecule has 5 aliphatic rings. The number of carbonyl (C=O) groups is 4. The van der Waals surface area contributed by atoms with E-state index in [1.54, 1.807) is 18.2 Å². The molecule has 3 N–H and O–H groups in total. The van der Waals surface area contributed by atoms with Crippen molar-refractivity contribution in [3.63, 3.8) is 0 Å². The van der Waals surface area contributed by atoms with Crippen LogP contribution in [-0.4, -0.2) is 95.8 Å². The number of methoxy groups -OCH3 is 1. The molecule has 3 saturated carbocycles. The maximum absolute atomic E-state index is 14.8. The van der Waals surface area contributed by atoms with Crippen LogP contribution in [0, 0.1) is 5.92 Å². The zero-order chi connectivity index (χ0) is 45.7. The first-order chi connectivity index (χ1) is 31.1. The number of fused-ring (bicyclic) bond motifs is 5. The first-order valence-corrected chi connectivity index (χ1v) is 23.6. The molecule has 2 aromatic carbocycles. The topological polar surface area (TPSA) is 208 Å². The van der Waals surface area contributed by atoms with Gasteiger partial charge in [0.05, 0.1) is 24.5 Å². The normalized spacial score (nSPS) is 26.1. The number of sulfonamides is 1. The number of benzene rings is 2. The van der Waals surface area contributed by atoms with Crippen LogP contribution >= 0.6 is 0 Å². The molecule has 4 amide bonds. The van der Waals surface area contributed by atoms with Crippen molar-refractivity contribution in [3.8, 4) is 23.0 Å². The predicted octanol–water partition coefficient (Wildman–Crippen LogP) is 6.46. The summed E-state index contributed by atoms with van der Waals surface area (Å²) in [6, 6.07) is 6.94. The number of nitrogens with zero attached hydrogens (tertiary/aromatic N) is 3. The Balaban J connectivity index is 1.07. The third kappa shape index (κ3) is 9.31. The minimum atomic E-state index is -4.58. The van der Waals surface area contributed by atoms with Crippen LogP contribution in [0.2, 0.25) is 0 Å². The Morgan fingerprint density at radius 3 is 2.43 bits per heavy atom. The van der Waals surface area contributed by atoms with Crippen LogP contribution in [0.1, 0.15) is 89.0 Å². The lowest BCUT2D eigenvalue weighted by Gasteiger charge is -2.30. The monoisotopic (exact) mass is 922 g/mol. The van der Waals surface area contributed by atoms with Gasteiger partial charge in [0.15, 0.2) is 5.82 Å². The highest BCUT2D eigenvalue weighted by molar-refractivity contribution is 7.91. The molecule has 65 heavy (non-hydrogen) atoms. The fourth-order valence-corrected chi connectivity index (χ4v) is 10.4. The van der Waals surface area contributed by atoms with Crippen LogP contribution in [0.15, 0.2) is 59.0 Å². The van der Waals surface area contributed by atoms with E-state index in [1.165, 1.54) is 24.1 Å². The molecule has 0 spiro atoms. The van der Waals surface area contributed by atoms with Gasteiger partial charge in [-0.1, -0.05) is 37.1 Å². The van der Waals surface area contributed by atoms with E-state index in [0.29, 0.717) is 61.7 Å². The number of alkyl halides is 3. The predicted molar refractivity (Wildman–Crippen MR) is 228 cm³/mol. The molecular weight excluding hydrogens is 874 g/mol. The van der Waals surface area contributed by atoms with Crippen molar-refractivity contribution in [1.82, 2.24) is 30.2 Å². The second-order valence-corrected chi connectivity index (χ2v) is 19.5. The number of carbonyl (C=O) groups excluding carboxylic acids is 4. The van der Waals surface area contributed by atoms with Crippen LogP contribution in [0.4, 0.5) is 18.0 Å². The molecule has 5 atom stereocenters. The molecule has 2 aliphatic heterocycles. The van der Waals surface area contributed by atoms with Gasteiger partial charge < -0.3 is 34.2 Å². The van der Waals surface area contributed by atoms with Crippen molar-refractivity contribution in [1.29, 1.82) is 0 Å². The van der Waals surface area contributed by atoms with Gasteiger partial charge in [-0.3, -0.25) is 19.1 Å². The quantitative estimate of drug-likeness (QED) is 0.155. The maximum Gasteiger partial charge on any atom is 0.416 e. The number of halogens is 3. The van der Waals surface area contributed by atoms with Crippen molar-refractivity contribution in [2.45, 2.75) is 125 Å². The van der Waals surface area contributed by atoms with E-state index in [1.807, 2.05) is 12.2 Å². The standard InChI is InChI=1S/C45H49F3N6O10S/c1-61-29-17-20-32-35(22-29)64-37-36(32)50-38(25-13-15-26(16-14-25)45(46,47)48)51-40(37)62-30-21-34-39(55)52-44(42(57)53-65(59,60)31-18-19-31)23-27(44)9-5-3-2-4-6-12-33(41(56)54(34)24-30)49-43(58)63-28-10-7-8-11-28/h5,9,13-17,20,22,27-28,30-31,33-34H,2-4,6-8,10-12,18-19,21,23-24H2,1H3,(H,49,58)(H,52,55)(H,53,57)/b9-5-/t27-,30+,33-,34-,44+/m0/s1. The molecule has 4 heterocycles. The van der Waals surface area contributed by atoms with Gasteiger partial charge in [-0.2, -0.15) is 18.2 Å². The highest BCUT2D eigenvalue weighted by Gasteiger charge is 2.62. The first-order valence-electron chi connectivity index (χ1n) is 22.1. The second kappa shape index (κ2) is 17.5. The molecular formula is C45H49F3N6O10S. The van der Waals surface area contributed by atoms with E-state index in [-0.39, 0.29) is 60.3 Å². The minimum absolute atomic E-state index is 0.00776. The average Bonchev–Trinajstić information content (AvgIpc) is 4.09. The van der Waals surface area contributed by atoms with Gasteiger partial charge in [0, 0.05) is 29.4 Å². The van der Waals surface area contributed by atoms with Crippen molar-refractivity contribution < 1.29 is 59.4 Å². The summed E-state index contributed by atoms with van der Waals surface area (Å²) in [7, 11) is -2.50. The Hall–Kier alpha value is -5.92. The lowest BCUT2D eigenvalue weighted by atomic mass is 10.0. The van der Waals surface area contributed by atoms with E-state index in [0.717, 1.165) is 31.4 Å². The summed E-state index contributed by atoms with van der Waals surface area (Å²) in [6.45, 7) is -0.208. The fourth-order valence-electron chi connectivity index (χ4n) is 9.08. The second-order valence-electron chi connectivity index (χ2n) is 17.6. The summed E-state index contributed by atoms with van der Waals surface area (Å²) >= 11 is 0. The number of hydrogen-bond donors (Lipinski definition) is 3. The van der Waals surface area contributed by atoms with Gasteiger partial charge in [-0.05, 0) is 88.5 Å². The third-order valence-corrected chi connectivity index (χ3v) is 14.8. The van der Waals surface area contributed by atoms with Crippen LogP contribution in [0.25, 0.3) is 33.5 Å².